The van der Waals surface area contributed by atoms with Crippen molar-refractivity contribution in [3.05, 3.63) is 65.9 Å². The second kappa shape index (κ2) is 14.7. The molecule has 1 amide bonds. The Morgan fingerprint density at radius 1 is 1.11 bits per heavy atom. The van der Waals surface area contributed by atoms with Crippen LogP contribution in [0.15, 0.2) is 48.7 Å². The fourth-order valence-electron chi connectivity index (χ4n) is 9.46. The van der Waals surface area contributed by atoms with E-state index in [4.69, 9.17) is 20.9 Å². The quantitative estimate of drug-likeness (QED) is 0.170. The number of piperazine rings is 1. The van der Waals surface area contributed by atoms with Crippen LogP contribution in [-0.4, -0.2) is 124 Å². The maximum Gasteiger partial charge on any atom is 0.319 e. The first-order valence-corrected chi connectivity index (χ1v) is 19.3. The molecule has 2 unspecified atom stereocenters. The number of anilines is 1. The summed E-state index contributed by atoms with van der Waals surface area (Å²) in [5, 5.41) is 11.1. The first-order valence-electron chi connectivity index (χ1n) is 19.3. The van der Waals surface area contributed by atoms with Gasteiger partial charge in [-0.3, -0.25) is 19.6 Å². The van der Waals surface area contributed by atoms with Crippen LogP contribution in [0.2, 0.25) is 0 Å². The second-order valence-corrected chi connectivity index (χ2v) is 15.6. The molecule has 6 aliphatic heterocycles. The Morgan fingerprint density at radius 2 is 1.95 bits per heavy atom. The first kappa shape index (κ1) is 36.4. The van der Waals surface area contributed by atoms with E-state index in [0.29, 0.717) is 60.1 Å². The number of nitriles is 1. The molecular weight excluding hydrogens is 722 g/mol. The smallest absolute Gasteiger partial charge is 0.319 e. The van der Waals surface area contributed by atoms with Crippen LogP contribution in [0.5, 0.6) is 6.01 Å². The highest BCUT2D eigenvalue weighted by molar-refractivity contribution is 6.02. The number of pyridine rings is 1. The van der Waals surface area contributed by atoms with E-state index >= 15 is 4.39 Å². The molecule has 6 aliphatic rings. The molecule has 10 rings (SSSR count). The fraction of sp³-hybridized carbons (Fsp3) is 0.452. The van der Waals surface area contributed by atoms with Gasteiger partial charge in [0.1, 0.15) is 35.6 Å². The molecule has 5 atom stereocenters. The number of ether oxygens (including phenoxy) is 2. The van der Waals surface area contributed by atoms with Gasteiger partial charge in [-0.05, 0) is 30.8 Å². The zero-order chi connectivity index (χ0) is 38.6. The van der Waals surface area contributed by atoms with Gasteiger partial charge in [-0.25, -0.2) is 13.2 Å². The number of amides is 1. The molecule has 0 aliphatic carbocycles. The number of terminal acetylenes is 1. The number of benzene rings is 2. The van der Waals surface area contributed by atoms with E-state index in [9.17, 15) is 18.8 Å². The lowest BCUT2D eigenvalue weighted by Crippen LogP contribution is -2.57. The Bertz CT molecular complexity index is 2310. The molecule has 0 saturated carbocycles. The minimum absolute atomic E-state index is 0.00163. The number of carbonyl (C=O) groups excluding carboxylic acids is 1. The summed E-state index contributed by atoms with van der Waals surface area (Å²) in [6.45, 7) is 4.45. The monoisotopic (exact) mass is 762 g/mol. The highest BCUT2D eigenvalue weighted by Crippen LogP contribution is 2.41. The molecule has 2 aromatic heterocycles. The number of fused-ring (bicyclic) bond motifs is 5. The van der Waals surface area contributed by atoms with E-state index in [-0.39, 0.29) is 60.5 Å². The first-order chi connectivity index (χ1) is 27.2. The summed E-state index contributed by atoms with van der Waals surface area (Å²) in [5.74, 6) is 1.19. The van der Waals surface area contributed by atoms with Crippen LogP contribution >= 0.6 is 0 Å². The number of carbonyl (C=O) groups is 1. The van der Waals surface area contributed by atoms with Gasteiger partial charge in [-0.1, -0.05) is 36.3 Å². The van der Waals surface area contributed by atoms with Gasteiger partial charge in [0.2, 0.25) is 5.91 Å². The van der Waals surface area contributed by atoms with Crippen LogP contribution in [0.4, 0.5) is 19.0 Å². The summed E-state index contributed by atoms with van der Waals surface area (Å²) in [4.78, 5) is 35.5. The van der Waals surface area contributed by atoms with Crippen molar-refractivity contribution >= 4 is 33.4 Å². The molecule has 56 heavy (non-hydrogen) atoms. The highest BCUT2D eigenvalue weighted by atomic mass is 19.1. The Labute approximate surface area is 322 Å². The molecule has 6 saturated heterocycles. The zero-order valence-corrected chi connectivity index (χ0v) is 30.8. The van der Waals surface area contributed by atoms with Crippen molar-refractivity contribution in [1.29, 1.82) is 5.26 Å². The van der Waals surface area contributed by atoms with E-state index in [0.717, 1.165) is 38.9 Å². The number of hydrogen-bond acceptors (Lipinski definition) is 10. The molecule has 0 spiro atoms. The number of aromatic nitrogens is 3. The maximum absolute atomic E-state index is 17.1. The van der Waals surface area contributed by atoms with Crippen molar-refractivity contribution < 1.29 is 27.4 Å². The van der Waals surface area contributed by atoms with Crippen LogP contribution in [0, 0.1) is 35.3 Å². The van der Waals surface area contributed by atoms with Crippen molar-refractivity contribution in [3.8, 4) is 35.7 Å². The van der Waals surface area contributed by atoms with Gasteiger partial charge in [-0.2, -0.15) is 15.2 Å². The van der Waals surface area contributed by atoms with Gasteiger partial charge in [0.05, 0.1) is 47.2 Å². The third kappa shape index (κ3) is 6.49. The molecule has 14 heteroatoms. The van der Waals surface area contributed by atoms with Crippen LogP contribution in [-0.2, 0) is 9.53 Å². The lowest BCUT2D eigenvalue weighted by Gasteiger charge is -2.46. The number of morpholine rings is 1. The predicted molar refractivity (Wildman–Crippen MR) is 203 cm³/mol. The van der Waals surface area contributed by atoms with Crippen LogP contribution < -0.4 is 9.64 Å². The summed E-state index contributed by atoms with van der Waals surface area (Å²) >= 11 is 0. The summed E-state index contributed by atoms with van der Waals surface area (Å²) in [6.07, 6.45) is 13.4. The number of alkyl halides is 1. The van der Waals surface area contributed by atoms with E-state index < -0.39 is 29.4 Å². The predicted octanol–water partition coefficient (Wildman–Crippen LogP) is 5.02. The molecule has 2 bridgehead atoms. The molecule has 288 valence electrons. The third-order valence-corrected chi connectivity index (χ3v) is 12.1. The molecular formula is C42H41F3N8O3. The van der Waals surface area contributed by atoms with E-state index in [2.05, 4.69) is 31.8 Å². The molecule has 0 radical (unpaired) electrons. The fourth-order valence-corrected chi connectivity index (χ4v) is 9.46. The van der Waals surface area contributed by atoms with Crippen molar-refractivity contribution in [2.45, 2.75) is 62.1 Å². The number of nitrogens with zero attached hydrogens (tertiary/aromatic N) is 8. The molecule has 11 nitrogen and oxygen atoms in total. The molecule has 4 aromatic rings. The summed E-state index contributed by atoms with van der Waals surface area (Å²) in [5.41, 5.74) is -0.343. The Balaban J connectivity index is 1.05. The topological polar surface area (TPSA) is 111 Å². The van der Waals surface area contributed by atoms with E-state index in [1.807, 2.05) is 11.0 Å². The zero-order valence-electron chi connectivity index (χ0n) is 30.8. The normalized spacial score (nSPS) is 26.4. The Morgan fingerprint density at radius 3 is 2.75 bits per heavy atom. The van der Waals surface area contributed by atoms with Crippen LogP contribution in [0.3, 0.4) is 0 Å². The molecule has 6 fully saturated rings. The molecule has 8 heterocycles. The minimum Gasteiger partial charge on any atom is -0.461 e. The SMILES string of the molecule is C#Cc1c(F)ccc2cccc(-c3ncc4c(N5CCN(C(=O)/C=C/CN6CC7CC(C6)O7)[C@@H](CC#N)C5)nc(OC[C@@]56CCCN5C[C@H](F)C6)nc4c3F)c12. The van der Waals surface area contributed by atoms with Crippen molar-refractivity contribution in [2.24, 2.45) is 0 Å². The summed E-state index contributed by atoms with van der Waals surface area (Å²) < 4.78 is 58.6. The largest absolute Gasteiger partial charge is 0.461 e. The second-order valence-electron chi connectivity index (χ2n) is 15.6. The average Bonchev–Trinajstić information content (AvgIpc) is 3.72. The van der Waals surface area contributed by atoms with Gasteiger partial charge < -0.3 is 19.3 Å². The van der Waals surface area contributed by atoms with Crippen molar-refractivity contribution in [2.75, 3.05) is 63.9 Å². The number of rotatable bonds is 9. The Hall–Kier alpha value is -5.28. The maximum atomic E-state index is 17.1. The number of hydrogen-bond donors (Lipinski definition) is 0. The van der Waals surface area contributed by atoms with Gasteiger partial charge >= 0.3 is 6.01 Å². The summed E-state index contributed by atoms with van der Waals surface area (Å²) in [7, 11) is 0. The number of piperidine rings is 1. The van der Waals surface area contributed by atoms with Crippen LogP contribution in [0.25, 0.3) is 32.9 Å². The number of halogens is 3. The van der Waals surface area contributed by atoms with E-state index in [1.54, 1.807) is 35.2 Å². The van der Waals surface area contributed by atoms with Crippen molar-refractivity contribution in [1.82, 2.24) is 29.7 Å². The van der Waals surface area contributed by atoms with Crippen molar-refractivity contribution in [3.63, 3.8) is 0 Å². The van der Waals surface area contributed by atoms with Gasteiger partial charge in [0, 0.05) is 81.9 Å². The van der Waals surface area contributed by atoms with Gasteiger partial charge in [-0.15, -0.1) is 6.42 Å². The highest BCUT2D eigenvalue weighted by Gasteiger charge is 2.49. The standard InChI is InChI=1S/C42H41F3N8O3/c1-2-31-34(44)10-9-26-6-3-7-32(36(26)31)38-37(45)39-33(20-47-38)40(49-41(48-39)55-25-42-12-5-15-52(42)21-27(43)19-42)51-16-17-53(28(22-51)11-13-46)35(54)8-4-14-50-23-29-18-30(24-50)56-29/h1,3-4,6-10,20,27-30H,5,11-12,14-19,21-25H2/b8-4+/t27-,28+,29?,30?,42+/m1/s1. The third-order valence-electron chi connectivity index (χ3n) is 12.1. The molecule has 0 N–H and O–H groups in total. The van der Waals surface area contributed by atoms with Crippen LogP contribution in [0.1, 0.15) is 37.7 Å². The molecule has 2 aromatic carbocycles. The Kier molecular flexibility index (Phi) is 9.52. The lowest BCUT2D eigenvalue weighted by atomic mass is 9.95. The van der Waals surface area contributed by atoms with Gasteiger partial charge in [0.15, 0.2) is 5.82 Å². The summed E-state index contributed by atoms with van der Waals surface area (Å²) in [6, 6.07) is 9.66. The minimum atomic E-state index is -0.965. The van der Waals surface area contributed by atoms with E-state index in [1.165, 1.54) is 12.3 Å². The lowest BCUT2D eigenvalue weighted by molar-refractivity contribution is -0.178. The van der Waals surface area contributed by atoms with Gasteiger partial charge in [0.25, 0.3) is 0 Å². The average molecular weight is 763 g/mol.